The second kappa shape index (κ2) is 11.6. The first kappa shape index (κ1) is 31.4. The van der Waals surface area contributed by atoms with E-state index >= 15 is 0 Å². The molecule has 234 valence electrons. The molecule has 0 spiro atoms. The van der Waals surface area contributed by atoms with Gasteiger partial charge >= 0.3 is 0 Å². The summed E-state index contributed by atoms with van der Waals surface area (Å²) in [6.45, 7) is 13.9. The van der Waals surface area contributed by atoms with Crippen LogP contribution in [0.5, 0.6) is 0 Å². The fraction of sp³-hybridized carbons (Fsp3) is 0.279. The van der Waals surface area contributed by atoms with Gasteiger partial charge < -0.3 is 9.80 Å². The van der Waals surface area contributed by atoms with Crippen molar-refractivity contribution in [1.82, 2.24) is 0 Å². The highest BCUT2D eigenvalue weighted by Crippen LogP contribution is 2.47. The van der Waals surface area contributed by atoms with Gasteiger partial charge in [0, 0.05) is 65.4 Å². The Morgan fingerprint density at radius 1 is 0.587 bits per heavy atom. The lowest BCUT2D eigenvalue weighted by molar-refractivity contribution is -0.401. The van der Waals surface area contributed by atoms with Crippen molar-refractivity contribution in [1.29, 1.82) is 0 Å². The maximum atomic E-state index is 2.32. The van der Waals surface area contributed by atoms with Crippen molar-refractivity contribution in [3.8, 4) is 0 Å². The predicted molar refractivity (Wildman–Crippen MR) is 198 cm³/mol. The normalized spacial score (nSPS) is 20.9. The second-order valence-electron chi connectivity index (χ2n) is 14.3. The third-order valence-corrected chi connectivity index (χ3v) is 10.4. The number of likely N-dealkylation sites (N-methyl/N-ethyl adjacent to an activating group) is 2. The maximum Gasteiger partial charge on any atom is 0.209 e. The van der Waals surface area contributed by atoms with Crippen LogP contribution in [0.25, 0.3) is 0 Å². The number of allylic oxidation sites excluding steroid dienone is 12. The lowest BCUT2D eigenvalue weighted by atomic mass is 9.81. The quantitative estimate of drug-likeness (QED) is 0.204. The molecule has 3 heterocycles. The molecule has 3 aromatic rings. The van der Waals surface area contributed by atoms with E-state index in [9.17, 15) is 0 Å². The molecule has 3 aromatic carbocycles. The number of para-hydroxylation sites is 3. The van der Waals surface area contributed by atoms with Gasteiger partial charge in [-0.15, -0.1) is 0 Å². The minimum Gasteiger partial charge on any atom is -0.347 e. The lowest BCUT2D eigenvalue weighted by Crippen LogP contribution is -2.26. The van der Waals surface area contributed by atoms with Crippen LogP contribution in [0.2, 0.25) is 0 Å². The second-order valence-corrected chi connectivity index (χ2v) is 14.3. The molecule has 0 saturated carbocycles. The highest BCUT2D eigenvalue weighted by Gasteiger charge is 2.42. The van der Waals surface area contributed by atoms with E-state index in [1.807, 2.05) is 0 Å². The number of benzene rings is 3. The summed E-state index contributed by atoms with van der Waals surface area (Å²) >= 11 is 0. The molecule has 0 amide bonds. The van der Waals surface area contributed by atoms with E-state index in [4.69, 9.17) is 0 Å². The van der Waals surface area contributed by atoms with E-state index in [-0.39, 0.29) is 16.2 Å². The monoisotopic (exact) mass is 606 g/mol. The maximum absolute atomic E-state index is 2.32. The van der Waals surface area contributed by atoms with E-state index in [1.165, 1.54) is 50.9 Å². The summed E-state index contributed by atoms with van der Waals surface area (Å²) in [6.07, 6.45) is 20.1. The summed E-state index contributed by atoms with van der Waals surface area (Å²) in [4.78, 5) is 4.65. The largest absolute Gasteiger partial charge is 0.347 e. The molecule has 3 heteroatoms. The van der Waals surface area contributed by atoms with Crippen molar-refractivity contribution in [2.24, 2.45) is 0 Å². The molecule has 0 aromatic heterocycles. The summed E-state index contributed by atoms with van der Waals surface area (Å²) in [5, 5.41) is 0. The zero-order valence-corrected chi connectivity index (χ0v) is 29.0. The van der Waals surface area contributed by atoms with Crippen molar-refractivity contribution in [2.45, 2.75) is 57.8 Å². The van der Waals surface area contributed by atoms with Gasteiger partial charge in [0.1, 0.15) is 7.05 Å². The van der Waals surface area contributed by atoms with Gasteiger partial charge in [0.2, 0.25) is 5.69 Å². The Morgan fingerprint density at radius 3 is 1.52 bits per heavy atom. The number of rotatable bonds is 6. The third kappa shape index (κ3) is 5.12. The molecular weight excluding hydrogens is 558 g/mol. The minimum absolute atomic E-state index is 0.0579. The van der Waals surface area contributed by atoms with Crippen molar-refractivity contribution >= 4 is 22.8 Å². The topological polar surface area (TPSA) is 9.49 Å². The fourth-order valence-corrected chi connectivity index (χ4v) is 7.82. The van der Waals surface area contributed by atoms with Crippen LogP contribution in [-0.2, 0) is 16.2 Å². The van der Waals surface area contributed by atoms with Gasteiger partial charge in [-0.2, -0.15) is 4.58 Å². The first-order valence-electron chi connectivity index (χ1n) is 16.4. The smallest absolute Gasteiger partial charge is 0.209 e. The van der Waals surface area contributed by atoms with Gasteiger partial charge in [0.25, 0.3) is 0 Å². The molecule has 0 bridgehead atoms. The first-order chi connectivity index (χ1) is 21.9. The molecule has 3 aliphatic rings. The molecule has 0 radical (unpaired) electrons. The zero-order valence-electron chi connectivity index (χ0n) is 29.0. The number of anilines is 2. The van der Waals surface area contributed by atoms with Gasteiger partial charge in [-0.25, -0.2) is 0 Å². The van der Waals surface area contributed by atoms with E-state index in [2.05, 4.69) is 205 Å². The molecule has 0 aliphatic carbocycles. The first-order valence-corrected chi connectivity index (χ1v) is 16.4. The molecule has 0 N–H and O–H groups in total. The van der Waals surface area contributed by atoms with Crippen LogP contribution in [0.3, 0.4) is 0 Å². The van der Waals surface area contributed by atoms with Gasteiger partial charge in [0.15, 0.2) is 5.71 Å². The van der Waals surface area contributed by atoms with Crippen LogP contribution in [0, 0.1) is 0 Å². The average Bonchev–Trinajstić information content (AvgIpc) is 3.45. The summed E-state index contributed by atoms with van der Waals surface area (Å²) in [5.41, 5.74) is 12.8. The summed E-state index contributed by atoms with van der Waals surface area (Å²) in [7, 11) is 6.52. The van der Waals surface area contributed by atoms with Crippen molar-refractivity contribution < 1.29 is 4.58 Å². The molecule has 0 atom stereocenters. The highest BCUT2D eigenvalue weighted by atomic mass is 15.2. The predicted octanol–water partition coefficient (Wildman–Crippen LogP) is 9.91. The standard InChI is InChI=1S/C43H48N3/c1-41(2)32-22-10-13-25-35(32)44(7)38(41)28-16-19-31(20-17-29-39-42(3,4)33-23-11-14-26-36(33)45(39)8)21-18-30-40-43(5,6)34-24-12-15-27-37(34)46(40)9/h10-30H,1-9H3/q+1. The van der Waals surface area contributed by atoms with E-state index < -0.39 is 0 Å². The van der Waals surface area contributed by atoms with Gasteiger partial charge in [-0.05, 0) is 54.8 Å². The fourth-order valence-electron chi connectivity index (χ4n) is 7.82. The Hall–Kier alpha value is -4.63. The van der Waals surface area contributed by atoms with E-state index in [0.29, 0.717) is 0 Å². The van der Waals surface area contributed by atoms with Crippen molar-refractivity contribution in [3.05, 3.63) is 161 Å². The molecule has 46 heavy (non-hydrogen) atoms. The van der Waals surface area contributed by atoms with Crippen LogP contribution in [0.1, 0.15) is 58.2 Å². The molecule has 3 nitrogen and oxygen atoms in total. The van der Waals surface area contributed by atoms with Crippen LogP contribution >= 0.6 is 0 Å². The third-order valence-electron chi connectivity index (χ3n) is 10.4. The SMILES string of the molecule is CN1C(=CC=CC(C=CC=C2N(C)c3ccccc3C2(C)C)=CC=CC2=[N+](C)c3ccccc3C2(C)C)C(C)(C)c2ccccc21. The molecule has 6 rings (SSSR count). The number of hydrogen-bond donors (Lipinski definition) is 0. The van der Waals surface area contributed by atoms with Gasteiger partial charge in [0.05, 0.1) is 5.41 Å². The molecule has 3 aliphatic heterocycles. The summed E-state index contributed by atoms with van der Waals surface area (Å²) < 4.78 is 2.32. The van der Waals surface area contributed by atoms with Crippen LogP contribution in [-0.4, -0.2) is 31.4 Å². The minimum atomic E-state index is -0.0579. The molecule has 0 unspecified atom stereocenters. The average molecular weight is 607 g/mol. The lowest BCUT2D eigenvalue weighted by Gasteiger charge is -2.23. The number of fused-ring (bicyclic) bond motifs is 3. The highest BCUT2D eigenvalue weighted by molar-refractivity contribution is 6.03. The van der Waals surface area contributed by atoms with Gasteiger partial charge in [-0.3, -0.25) is 0 Å². The van der Waals surface area contributed by atoms with E-state index in [1.54, 1.807) is 0 Å². The van der Waals surface area contributed by atoms with Crippen LogP contribution in [0.15, 0.2) is 144 Å². The summed E-state index contributed by atoms with van der Waals surface area (Å²) in [5.74, 6) is 0. The van der Waals surface area contributed by atoms with Crippen molar-refractivity contribution in [3.63, 3.8) is 0 Å². The molecule has 0 saturated heterocycles. The van der Waals surface area contributed by atoms with Gasteiger partial charge in [-0.1, -0.05) is 119 Å². The summed E-state index contributed by atoms with van der Waals surface area (Å²) in [6, 6.07) is 26.2. The molecule has 0 fully saturated rings. The number of hydrogen-bond acceptors (Lipinski definition) is 2. The Labute approximate surface area is 276 Å². The Balaban J connectivity index is 1.33. The van der Waals surface area contributed by atoms with Crippen molar-refractivity contribution in [2.75, 3.05) is 30.9 Å². The van der Waals surface area contributed by atoms with Crippen LogP contribution in [0.4, 0.5) is 17.1 Å². The zero-order chi connectivity index (χ0) is 32.9. The molecular formula is C43H48N3+. The Kier molecular flexibility index (Phi) is 7.92. The Bertz CT molecular complexity index is 1810. The number of nitrogens with zero attached hydrogens (tertiary/aromatic N) is 3. The van der Waals surface area contributed by atoms with Crippen LogP contribution < -0.4 is 9.80 Å². The Morgan fingerprint density at radius 2 is 1.04 bits per heavy atom. The van der Waals surface area contributed by atoms with E-state index in [0.717, 1.165) is 5.57 Å².